The molecule has 0 fully saturated rings. The summed E-state index contributed by atoms with van der Waals surface area (Å²) in [5, 5.41) is 8.50. The van der Waals surface area contributed by atoms with E-state index in [-0.39, 0.29) is 6.42 Å². The maximum atomic E-state index is 11.2. The van der Waals surface area contributed by atoms with Gasteiger partial charge in [-0.05, 0) is 39.0 Å². The quantitative estimate of drug-likeness (QED) is 0.406. The van der Waals surface area contributed by atoms with Crippen LogP contribution in [0.3, 0.4) is 0 Å². The number of amides is 1. The highest BCUT2D eigenvalue weighted by Gasteiger charge is 2.12. The van der Waals surface area contributed by atoms with Crippen LogP contribution in [0.25, 0.3) is 0 Å². The first-order chi connectivity index (χ1) is 11.5. The maximum absolute atomic E-state index is 11.2. The first kappa shape index (κ1) is 22.6. The Bertz CT molecular complexity index is 613. The Morgan fingerprint density at radius 3 is 2.20 bits per heavy atom. The number of carboxylic acid groups (broad SMARTS) is 1. The fraction of sp³-hybridized carbons (Fsp3) is 0.438. The number of carbonyl (C=O) groups excluding carboxylic acids is 2. The predicted molar refractivity (Wildman–Crippen MR) is 95.6 cm³/mol. The molecule has 0 saturated carbocycles. The number of carboxylic acids is 1. The molecule has 0 aliphatic heterocycles. The molecular formula is C16H24N2O6S. The summed E-state index contributed by atoms with van der Waals surface area (Å²) in [6.45, 7) is 5.28. The number of carbonyl (C=O) groups is 3. The zero-order valence-electron chi connectivity index (χ0n) is 14.7. The lowest BCUT2D eigenvalue weighted by Crippen LogP contribution is -2.27. The van der Waals surface area contributed by atoms with E-state index in [2.05, 4.69) is 9.47 Å². The number of primary amides is 1. The highest BCUT2D eigenvalue weighted by molar-refractivity contribution is 7.99. The summed E-state index contributed by atoms with van der Waals surface area (Å²) in [6, 6.07) is 4.81. The summed E-state index contributed by atoms with van der Waals surface area (Å²) < 4.78 is 9.14. The second-order valence-corrected chi connectivity index (χ2v) is 6.91. The van der Waals surface area contributed by atoms with Crippen molar-refractivity contribution in [3.8, 4) is 0 Å². The van der Waals surface area contributed by atoms with Gasteiger partial charge in [0.2, 0.25) is 0 Å². The highest BCUT2D eigenvalue weighted by atomic mass is 32.2. The molecule has 8 nitrogen and oxygen atoms in total. The monoisotopic (exact) mass is 372 g/mol. The van der Waals surface area contributed by atoms with Crippen LogP contribution in [0.4, 0.5) is 10.5 Å². The highest BCUT2D eigenvalue weighted by Crippen LogP contribution is 2.26. The summed E-state index contributed by atoms with van der Waals surface area (Å²) in [6.07, 6.45) is -0.652. The number of benzene rings is 1. The van der Waals surface area contributed by atoms with Gasteiger partial charge >= 0.3 is 18.0 Å². The van der Waals surface area contributed by atoms with E-state index in [9.17, 15) is 14.4 Å². The summed E-state index contributed by atoms with van der Waals surface area (Å²) in [4.78, 5) is 32.3. The molecule has 0 unspecified atom stereocenters. The van der Waals surface area contributed by atoms with Crippen LogP contribution in [0.1, 0.15) is 37.6 Å². The summed E-state index contributed by atoms with van der Waals surface area (Å²) in [7, 11) is 1.30. The van der Waals surface area contributed by atoms with Crippen molar-refractivity contribution in [2.24, 2.45) is 5.73 Å². The average molecular weight is 372 g/mol. The second kappa shape index (κ2) is 10.4. The van der Waals surface area contributed by atoms with E-state index in [0.29, 0.717) is 17.0 Å². The first-order valence-electron chi connectivity index (χ1n) is 7.27. The van der Waals surface area contributed by atoms with Gasteiger partial charge in [0.1, 0.15) is 5.60 Å². The fourth-order valence-electron chi connectivity index (χ4n) is 1.47. The van der Waals surface area contributed by atoms with Crippen molar-refractivity contribution in [2.75, 3.05) is 18.6 Å². The molecule has 0 radical (unpaired) electrons. The van der Waals surface area contributed by atoms with Crippen LogP contribution in [-0.4, -0.2) is 41.6 Å². The molecule has 0 spiro atoms. The van der Waals surface area contributed by atoms with Gasteiger partial charge < -0.3 is 26.0 Å². The molecule has 0 atom stereocenters. The van der Waals surface area contributed by atoms with Gasteiger partial charge in [-0.3, -0.25) is 4.79 Å². The standard InChI is InChI=1S/C11H13NO4S.C5H11NO2/c1-16-11(15)7-2-3-9(8(12)6-7)17-5-4-10(13)14;1-5(2,3)8-4(6)7/h2-3,6H,4-5,12H2,1H3,(H,13,14);1-3H3,(H2,6,7). The Balaban J connectivity index is 0.000000609. The summed E-state index contributed by atoms with van der Waals surface area (Å²) >= 11 is 1.35. The van der Waals surface area contributed by atoms with Gasteiger partial charge in [-0.2, -0.15) is 0 Å². The number of nitrogen functional groups attached to an aromatic ring is 1. The van der Waals surface area contributed by atoms with Crippen LogP contribution in [0.15, 0.2) is 23.1 Å². The van der Waals surface area contributed by atoms with Crippen molar-refractivity contribution in [3.63, 3.8) is 0 Å². The van der Waals surface area contributed by atoms with Crippen LogP contribution in [-0.2, 0) is 14.3 Å². The Morgan fingerprint density at radius 2 is 1.84 bits per heavy atom. The lowest BCUT2D eigenvalue weighted by molar-refractivity contribution is -0.136. The topological polar surface area (TPSA) is 142 Å². The largest absolute Gasteiger partial charge is 0.481 e. The smallest absolute Gasteiger partial charge is 0.405 e. The van der Waals surface area contributed by atoms with Gasteiger partial charge in [0.25, 0.3) is 0 Å². The van der Waals surface area contributed by atoms with Crippen LogP contribution >= 0.6 is 11.8 Å². The number of methoxy groups -OCH3 is 1. The maximum Gasteiger partial charge on any atom is 0.405 e. The third-order valence-electron chi connectivity index (χ3n) is 2.41. The van der Waals surface area contributed by atoms with Crippen molar-refractivity contribution in [1.29, 1.82) is 0 Å². The lowest BCUT2D eigenvalue weighted by atomic mass is 10.2. The average Bonchev–Trinajstić information content (AvgIpc) is 2.45. The Hall–Kier alpha value is -2.42. The van der Waals surface area contributed by atoms with E-state index in [1.807, 2.05) is 0 Å². The number of thioether (sulfide) groups is 1. The van der Waals surface area contributed by atoms with Gasteiger partial charge in [0.05, 0.1) is 19.1 Å². The van der Waals surface area contributed by atoms with E-state index in [0.717, 1.165) is 4.90 Å². The Labute approximate surface area is 150 Å². The van der Waals surface area contributed by atoms with Crippen LogP contribution < -0.4 is 11.5 Å². The van der Waals surface area contributed by atoms with Crippen LogP contribution in [0, 0.1) is 0 Å². The molecule has 1 aromatic rings. The van der Waals surface area contributed by atoms with Crippen molar-refractivity contribution < 1.29 is 29.0 Å². The van der Waals surface area contributed by atoms with Crippen LogP contribution in [0.2, 0.25) is 0 Å². The van der Waals surface area contributed by atoms with Gasteiger partial charge in [0.15, 0.2) is 0 Å². The zero-order valence-corrected chi connectivity index (χ0v) is 15.5. The number of hydrogen-bond acceptors (Lipinski definition) is 7. The molecule has 0 aromatic heterocycles. The lowest BCUT2D eigenvalue weighted by Gasteiger charge is -2.16. The minimum atomic E-state index is -0.845. The number of anilines is 1. The second-order valence-electron chi connectivity index (χ2n) is 5.77. The van der Waals surface area contributed by atoms with E-state index >= 15 is 0 Å². The molecule has 25 heavy (non-hydrogen) atoms. The minimum Gasteiger partial charge on any atom is -0.481 e. The molecule has 0 saturated heterocycles. The van der Waals surface area contributed by atoms with Crippen molar-refractivity contribution in [3.05, 3.63) is 23.8 Å². The van der Waals surface area contributed by atoms with Crippen molar-refractivity contribution in [1.82, 2.24) is 0 Å². The zero-order chi connectivity index (χ0) is 19.6. The van der Waals surface area contributed by atoms with E-state index in [4.69, 9.17) is 16.6 Å². The Kier molecular flexibility index (Phi) is 9.43. The number of nitrogens with two attached hydrogens (primary N) is 2. The number of ether oxygens (including phenoxy) is 2. The summed E-state index contributed by atoms with van der Waals surface area (Å²) in [5.41, 5.74) is 10.8. The molecule has 0 aliphatic carbocycles. The SMILES string of the molecule is CC(C)(C)OC(N)=O.COC(=O)c1ccc(SCCC(=O)O)c(N)c1. The van der Waals surface area contributed by atoms with Gasteiger partial charge in [-0.1, -0.05) is 0 Å². The van der Waals surface area contributed by atoms with Gasteiger partial charge in [-0.25, -0.2) is 9.59 Å². The fourth-order valence-corrected chi connectivity index (χ4v) is 2.36. The first-order valence-corrected chi connectivity index (χ1v) is 8.25. The van der Waals surface area contributed by atoms with E-state index in [1.165, 1.54) is 24.9 Å². The van der Waals surface area contributed by atoms with Crippen molar-refractivity contribution >= 4 is 35.5 Å². The number of aliphatic carboxylic acids is 1. The normalized spacial score (nSPS) is 10.2. The third-order valence-corrected chi connectivity index (χ3v) is 3.50. The summed E-state index contributed by atoms with van der Waals surface area (Å²) in [5.74, 6) is -0.849. The number of rotatable bonds is 5. The van der Waals surface area contributed by atoms with Gasteiger partial charge in [0, 0.05) is 16.3 Å². The molecule has 9 heteroatoms. The predicted octanol–water partition coefficient (Wildman–Crippen LogP) is 2.50. The van der Waals surface area contributed by atoms with Gasteiger partial charge in [-0.15, -0.1) is 11.8 Å². The Morgan fingerprint density at radius 1 is 1.24 bits per heavy atom. The molecule has 140 valence electrons. The third kappa shape index (κ3) is 10.9. The molecule has 0 bridgehead atoms. The minimum absolute atomic E-state index is 0.0723. The van der Waals surface area contributed by atoms with E-state index < -0.39 is 23.6 Å². The van der Waals surface area contributed by atoms with Crippen molar-refractivity contribution in [2.45, 2.75) is 37.7 Å². The molecule has 1 amide bonds. The molecular weight excluding hydrogens is 348 g/mol. The molecule has 5 N–H and O–H groups in total. The van der Waals surface area contributed by atoms with Crippen LogP contribution in [0.5, 0.6) is 0 Å². The molecule has 0 aliphatic rings. The molecule has 1 rings (SSSR count). The van der Waals surface area contributed by atoms with E-state index in [1.54, 1.807) is 32.9 Å². The molecule has 1 aromatic carbocycles. The number of hydrogen-bond donors (Lipinski definition) is 3. The molecule has 0 heterocycles. The number of esters is 1.